The van der Waals surface area contributed by atoms with Crippen LogP contribution in [0.2, 0.25) is 39.3 Å². The first-order valence-electron chi connectivity index (χ1n) is 8.73. The molecule has 2 heterocycles. The van der Waals surface area contributed by atoms with Crippen LogP contribution >= 0.6 is 0 Å². The van der Waals surface area contributed by atoms with E-state index in [9.17, 15) is 0 Å². The van der Waals surface area contributed by atoms with E-state index in [1.54, 1.807) is 0 Å². The molecule has 2 saturated heterocycles. The number of ether oxygens (including phenoxy) is 3. The molecule has 0 aliphatic carbocycles. The zero-order valence-corrected chi connectivity index (χ0v) is 22.8. The number of epoxide rings is 1. The molecule has 8 heteroatoms. The molecule has 0 spiro atoms. The summed E-state index contributed by atoms with van der Waals surface area (Å²) in [5.41, 5.74) is 5.08. The standard InChI is InChI=1S/C6H18NSi2.C5H9NO.C4H8O.C2H4O.K/c1-8(2,3)7-9(4,5)6;1-2-4-7-5-3-6;1-2-4-5-3-1;1-2-3-1;/h1-6H3;1H,3-6H2;1-4H2;1-2H2;/q-1;;;;+1. The second-order valence-corrected chi connectivity index (χ2v) is 17.0. The molecule has 0 saturated carbocycles. The quantitative estimate of drug-likeness (QED) is 0.307. The van der Waals surface area contributed by atoms with E-state index in [0.29, 0.717) is 19.8 Å². The Morgan fingerprint density at radius 1 is 0.960 bits per heavy atom. The summed E-state index contributed by atoms with van der Waals surface area (Å²) in [6.07, 6.45) is 7.41. The van der Waals surface area contributed by atoms with E-state index in [1.807, 2.05) is 0 Å². The number of nitrogens with two attached hydrogens (primary N) is 1. The molecule has 0 atom stereocenters. The van der Waals surface area contributed by atoms with Crippen molar-refractivity contribution >= 4 is 16.5 Å². The molecule has 0 unspecified atom stereocenters. The van der Waals surface area contributed by atoms with Gasteiger partial charge in [0.05, 0.1) is 19.8 Å². The van der Waals surface area contributed by atoms with E-state index in [0.717, 1.165) is 26.4 Å². The van der Waals surface area contributed by atoms with Crippen molar-refractivity contribution in [2.75, 3.05) is 46.2 Å². The van der Waals surface area contributed by atoms with Gasteiger partial charge in [-0.2, -0.15) is 0 Å². The topological polar surface area (TPSA) is 71.1 Å². The van der Waals surface area contributed by atoms with Gasteiger partial charge >= 0.3 is 51.4 Å². The SMILES string of the molecule is C#CCOCCN.C1CCOC1.C1CO1.C[Si](C)(C)[N-][Si](C)(C)C.[K+]. The van der Waals surface area contributed by atoms with E-state index < -0.39 is 16.5 Å². The van der Waals surface area contributed by atoms with Crippen LogP contribution in [0.4, 0.5) is 0 Å². The molecular weight excluding hydrogens is 375 g/mol. The molecular formula is C17H39KN2O3Si2. The van der Waals surface area contributed by atoms with Gasteiger partial charge in [0.25, 0.3) is 0 Å². The Kier molecular flexibility index (Phi) is 25.1. The summed E-state index contributed by atoms with van der Waals surface area (Å²) in [5.74, 6) is 2.32. The van der Waals surface area contributed by atoms with Crippen LogP contribution in [-0.2, 0) is 14.2 Å². The zero-order valence-electron chi connectivity index (χ0n) is 17.7. The number of terminal acetylenes is 1. The summed E-state index contributed by atoms with van der Waals surface area (Å²) >= 11 is 0. The summed E-state index contributed by atoms with van der Waals surface area (Å²) in [7, 11) is -2.21. The maximum absolute atomic E-state index is 5.08. The smallest absolute Gasteiger partial charge is 0.668 e. The molecule has 2 rings (SSSR count). The Labute approximate surface area is 201 Å². The third-order valence-corrected chi connectivity index (χ3v) is 7.52. The fourth-order valence-corrected chi connectivity index (χ4v) is 9.78. The summed E-state index contributed by atoms with van der Waals surface area (Å²) < 4.78 is 19.0. The average Bonchev–Trinajstić information content (AvgIpc) is 3.18. The molecule has 0 aromatic carbocycles. The second-order valence-electron chi connectivity index (χ2n) is 7.43. The van der Waals surface area contributed by atoms with Gasteiger partial charge in [-0.1, -0.05) is 61.7 Å². The van der Waals surface area contributed by atoms with Crippen LogP contribution in [0.1, 0.15) is 12.8 Å². The number of nitrogens with zero attached hydrogens (tertiary/aromatic N) is 1. The Morgan fingerprint density at radius 3 is 1.56 bits per heavy atom. The number of rotatable bonds is 5. The van der Waals surface area contributed by atoms with Crippen molar-refractivity contribution in [3.05, 3.63) is 4.65 Å². The monoisotopic (exact) mass is 414 g/mol. The fourth-order valence-electron chi connectivity index (χ4n) is 1.73. The van der Waals surface area contributed by atoms with E-state index in [2.05, 4.69) is 49.9 Å². The van der Waals surface area contributed by atoms with Crippen LogP contribution in [0, 0.1) is 12.3 Å². The number of hydrogen-bond acceptors (Lipinski definition) is 4. The van der Waals surface area contributed by atoms with Crippen LogP contribution in [0.5, 0.6) is 0 Å². The molecule has 0 amide bonds. The van der Waals surface area contributed by atoms with Crippen molar-refractivity contribution in [2.45, 2.75) is 52.1 Å². The second kappa shape index (κ2) is 20.2. The van der Waals surface area contributed by atoms with Gasteiger partial charge in [-0.15, -0.1) is 6.42 Å². The van der Waals surface area contributed by atoms with Gasteiger partial charge in [0.1, 0.15) is 6.61 Å². The van der Waals surface area contributed by atoms with Gasteiger partial charge in [0, 0.05) is 19.8 Å². The first kappa shape index (κ1) is 31.1. The van der Waals surface area contributed by atoms with Crippen LogP contribution in [-0.4, -0.2) is 62.7 Å². The van der Waals surface area contributed by atoms with E-state index in [4.69, 9.17) is 26.3 Å². The minimum Gasteiger partial charge on any atom is -0.668 e. The predicted octanol–water partition coefficient (Wildman–Crippen LogP) is 0.442. The predicted molar refractivity (Wildman–Crippen MR) is 110 cm³/mol. The fraction of sp³-hybridized carbons (Fsp3) is 0.882. The van der Waals surface area contributed by atoms with Crippen LogP contribution in [0.25, 0.3) is 4.65 Å². The molecule has 2 fully saturated rings. The Bertz CT molecular complexity index is 288. The summed E-state index contributed by atoms with van der Waals surface area (Å²) in [5, 5.41) is 0. The van der Waals surface area contributed by atoms with Gasteiger partial charge in [0.15, 0.2) is 0 Å². The molecule has 2 aliphatic heterocycles. The molecule has 144 valence electrons. The largest absolute Gasteiger partial charge is 1.00 e. The summed E-state index contributed by atoms with van der Waals surface area (Å²) in [6.45, 7) is 19.3. The molecule has 0 aromatic heterocycles. The molecule has 2 aliphatic rings. The molecule has 25 heavy (non-hydrogen) atoms. The van der Waals surface area contributed by atoms with Crippen molar-refractivity contribution in [1.82, 2.24) is 0 Å². The Balaban J connectivity index is -0.000000268. The van der Waals surface area contributed by atoms with Crippen molar-refractivity contribution in [3.63, 3.8) is 0 Å². The maximum Gasteiger partial charge on any atom is 1.00 e. The van der Waals surface area contributed by atoms with E-state index in [-0.39, 0.29) is 51.4 Å². The minimum absolute atomic E-state index is 0. The molecule has 0 aromatic rings. The van der Waals surface area contributed by atoms with Gasteiger partial charge in [-0.3, -0.25) is 0 Å². The van der Waals surface area contributed by atoms with Gasteiger partial charge in [0.2, 0.25) is 0 Å². The van der Waals surface area contributed by atoms with Gasteiger partial charge in [-0.25, -0.2) is 0 Å². The van der Waals surface area contributed by atoms with Gasteiger partial charge < -0.3 is 24.6 Å². The van der Waals surface area contributed by atoms with Crippen molar-refractivity contribution < 1.29 is 65.6 Å². The molecule has 5 nitrogen and oxygen atoms in total. The molecule has 0 radical (unpaired) electrons. The van der Waals surface area contributed by atoms with Crippen molar-refractivity contribution in [1.29, 1.82) is 0 Å². The average molecular weight is 415 g/mol. The maximum atomic E-state index is 5.08. The van der Waals surface area contributed by atoms with E-state index in [1.165, 1.54) is 12.8 Å². The van der Waals surface area contributed by atoms with E-state index >= 15 is 0 Å². The van der Waals surface area contributed by atoms with Crippen LogP contribution < -0.4 is 57.1 Å². The minimum atomic E-state index is -1.11. The van der Waals surface area contributed by atoms with Crippen LogP contribution in [0.15, 0.2) is 0 Å². The zero-order chi connectivity index (χ0) is 18.9. The normalized spacial score (nSPS) is 15.0. The van der Waals surface area contributed by atoms with Crippen molar-refractivity contribution in [2.24, 2.45) is 5.73 Å². The third-order valence-electron chi connectivity index (χ3n) is 2.15. The number of hydrogen-bond donors (Lipinski definition) is 1. The summed E-state index contributed by atoms with van der Waals surface area (Å²) in [6, 6.07) is 0. The first-order valence-corrected chi connectivity index (χ1v) is 15.6. The van der Waals surface area contributed by atoms with Crippen LogP contribution in [0.3, 0.4) is 0 Å². The Morgan fingerprint density at radius 2 is 1.40 bits per heavy atom. The molecule has 0 bridgehead atoms. The van der Waals surface area contributed by atoms with Crippen molar-refractivity contribution in [3.8, 4) is 12.3 Å². The Hall–Kier alpha value is 1.43. The third kappa shape index (κ3) is 46.0. The molecule has 2 N–H and O–H groups in total. The van der Waals surface area contributed by atoms with Gasteiger partial charge in [-0.05, 0) is 12.8 Å². The summed E-state index contributed by atoms with van der Waals surface area (Å²) in [4.78, 5) is 0. The first-order chi connectivity index (χ1) is 11.1.